The molecule has 0 aromatic heterocycles. The Bertz CT molecular complexity index is 1180. The van der Waals surface area contributed by atoms with Gasteiger partial charge in [-0.2, -0.15) is 0 Å². The van der Waals surface area contributed by atoms with Crippen LogP contribution in [-0.4, -0.2) is 67.2 Å². The normalized spacial score (nSPS) is 12.7. The lowest BCUT2D eigenvalue weighted by atomic mass is 10.0. The molecule has 2 aromatic rings. The number of rotatable bonds is 18. The maximum absolute atomic E-state index is 13.4. The molecule has 3 atom stereocenters. The van der Waals surface area contributed by atoms with E-state index in [1.807, 2.05) is 0 Å². The molecule has 5 N–H and O–H groups in total. The number of carbonyl (C=O) groups is 4. The van der Waals surface area contributed by atoms with Crippen molar-refractivity contribution in [3.63, 3.8) is 0 Å². The van der Waals surface area contributed by atoms with Crippen LogP contribution in [0.1, 0.15) is 37.3 Å². The molecule has 0 radical (unpaired) electrons. The van der Waals surface area contributed by atoms with Crippen molar-refractivity contribution in [2.24, 2.45) is 0 Å². The molecular weight excluding hydrogens is 564 g/mol. The van der Waals surface area contributed by atoms with Gasteiger partial charge in [0.25, 0.3) is 0 Å². The average molecular weight is 603 g/mol. The Labute approximate surface area is 251 Å². The maximum atomic E-state index is 13.4. The smallest absolute Gasteiger partial charge is 0.328 e. The molecule has 0 spiro atoms. The number of hydrogen-bond donors (Lipinski definition) is 5. The Balaban J connectivity index is 2.20. The van der Waals surface area contributed by atoms with Crippen molar-refractivity contribution in [3.8, 4) is 11.5 Å². The van der Waals surface area contributed by atoms with E-state index in [-0.39, 0.29) is 25.0 Å². The fourth-order valence-electron chi connectivity index (χ4n) is 4.12. The Morgan fingerprint density at radius 3 is 2.02 bits per heavy atom. The topological polar surface area (TPSA) is 155 Å². The predicted octanol–water partition coefficient (Wildman–Crippen LogP) is 2.30. The number of benzene rings is 2. The van der Waals surface area contributed by atoms with Crippen LogP contribution in [-0.2, 0) is 36.8 Å². The van der Waals surface area contributed by atoms with Gasteiger partial charge in [-0.15, -0.1) is 0 Å². The summed E-state index contributed by atoms with van der Waals surface area (Å²) in [4.78, 5) is 53.8. The van der Waals surface area contributed by atoms with Crippen molar-refractivity contribution < 1.29 is 33.8 Å². The first-order chi connectivity index (χ1) is 20.2. The van der Waals surface area contributed by atoms with E-state index < -0.39 is 41.8 Å². The Morgan fingerprint density at radius 2 is 1.45 bits per heavy atom. The van der Waals surface area contributed by atoms with Gasteiger partial charge < -0.3 is 30.5 Å². The van der Waals surface area contributed by atoms with Crippen LogP contribution >= 0.6 is 11.8 Å². The van der Waals surface area contributed by atoms with Gasteiger partial charge in [0.15, 0.2) is 0 Å². The standard InChI is InChI=1S/C30H39ClN4O7/c1-4-17-42-24-14-10-22(11-15-24)18-26(33-20(2)36)29(39)34-25(7-5-6-16-32-31)28(38)35-27(30(40)41-3)19-21-8-12-23(37)13-9-21/h4,8-15,25-27,32,37H,1,5-7,16-19H2,2-3H3,(H,33,36)(H,34,39)(H,35,38)/t25-,26+,27+/m1/s1. The van der Waals surface area contributed by atoms with Gasteiger partial charge in [-0.1, -0.05) is 36.9 Å². The first-order valence-electron chi connectivity index (χ1n) is 13.6. The summed E-state index contributed by atoms with van der Waals surface area (Å²) >= 11 is 5.55. The van der Waals surface area contributed by atoms with E-state index in [1.54, 1.807) is 42.5 Å². The number of aromatic hydroxyl groups is 1. The molecule has 42 heavy (non-hydrogen) atoms. The molecule has 0 saturated carbocycles. The highest BCUT2D eigenvalue weighted by Gasteiger charge is 2.30. The second kappa shape index (κ2) is 18.4. The highest BCUT2D eigenvalue weighted by Crippen LogP contribution is 2.15. The van der Waals surface area contributed by atoms with Crippen molar-refractivity contribution in [2.45, 2.75) is 57.2 Å². The van der Waals surface area contributed by atoms with Gasteiger partial charge in [0.1, 0.15) is 36.2 Å². The number of carbonyl (C=O) groups excluding carboxylic acids is 4. The van der Waals surface area contributed by atoms with E-state index >= 15 is 0 Å². The Hall–Kier alpha value is -4.09. The summed E-state index contributed by atoms with van der Waals surface area (Å²) in [5, 5.41) is 17.7. The SMILES string of the molecule is C=CCOc1ccc(C[C@H](NC(C)=O)C(=O)N[C@H](CCCCNCl)C(=O)N[C@@H](Cc2ccc(O)cc2)C(=O)OC)cc1. The number of hydrogen-bond acceptors (Lipinski definition) is 8. The summed E-state index contributed by atoms with van der Waals surface area (Å²) in [7, 11) is 1.22. The Morgan fingerprint density at radius 1 is 0.881 bits per heavy atom. The fraction of sp³-hybridized carbons (Fsp3) is 0.400. The van der Waals surface area contributed by atoms with Crippen molar-refractivity contribution >= 4 is 35.5 Å². The van der Waals surface area contributed by atoms with E-state index in [0.29, 0.717) is 37.3 Å². The van der Waals surface area contributed by atoms with Gasteiger partial charge in [0.2, 0.25) is 17.7 Å². The zero-order valence-electron chi connectivity index (χ0n) is 23.9. The molecular formula is C30H39ClN4O7. The molecule has 3 amide bonds. The third kappa shape index (κ3) is 12.2. The highest BCUT2D eigenvalue weighted by molar-refractivity contribution is 6.13. The number of nitrogens with one attached hydrogen (secondary N) is 4. The van der Waals surface area contributed by atoms with Gasteiger partial charge >= 0.3 is 5.97 Å². The number of halogens is 1. The number of ether oxygens (including phenoxy) is 2. The summed E-state index contributed by atoms with van der Waals surface area (Å²) in [5.41, 5.74) is 1.45. The number of unbranched alkanes of at least 4 members (excludes halogenated alkanes) is 1. The van der Waals surface area contributed by atoms with E-state index in [4.69, 9.17) is 21.3 Å². The first-order valence-corrected chi connectivity index (χ1v) is 13.9. The van der Waals surface area contributed by atoms with Crippen molar-refractivity contribution in [1.29, 1.82) is 0 Å². The Kier molecular flexibility index (Phi) is 14.9. The molecule has 0 saturated heterocycles. The summed E-state index contributed by atoms with van der Waals surface area (Å²) in [6.07, 6.45) is 3.33. The summed E-state index contributed by atoms with van der Waals surface area (Å²) in [6.45, 7) is 5.77. The number of phenols is 1. The number of amides is 3. The maximum Gasteiger partial charge on any atom is 0.328 e. The molecule has 0 heterocycles. The minimum atomic E-state index is -1.04. The van der Waals surface area contributed by atoms with Gasteiger partial charge in [0.05, 0.1) is 7.11 Å². The predicted molar refractivity (Wildman–Crippen MR) is 159 cm³/mol. The minimum Gasteiger partial charge on any atom is -0.508 e. The van der Waals surface area contributed by atoms with Crippen LogP contribution < -0.4 is 25.5 Å². The second-order valence-electron chi connectivity index (χ2n) is 9.60. The molecule has 0 aliphatic rings. The van der Waals surface area contributed by atoms with E-state index in [2.05, 4.69) is 27.4 Å². The van der Waals surface area contributed by atoms with Crippen LogP contribution in [0.25, 0.3) is 0 Å². The van der Waals surface area contributed by atoms with Crippen LogP contribution in [0.2, 0.25) is 0 Å². The minimum absolute atomic E-state index is 0.0670. The van der Waals surface area contributed by atoms with Crippen molar-refractivity contribution in [1.82, 2.24) is 20.8 Å². The zero-order valence-corrected chi connectivity index (χ0v) is 24.6. The second-order valence-corrected chi connectivity index (χ2v) is 9.86. The number of methoxy groups -OCH3 is 1. The number of phenolic OH excluding ortho intramolecular Hbond substituents is 1. The molecule has 2 aromatic carbocycles. The molecule has 2 rings (SSSR count). The molecule has 11 nitrogen and oxygen atoms in total. The summed E-state index contributed by atoms with van der Waals surface area (Å²) in [6, 6.07) is 10.3. The highest BCUT2D eigenvalue weighted by atomic mass is 35.5. The molecule has 0 aliphatic heterocycles. The van der Waals surface area contributed by atoms with Crippen LogP contribution in [0.15, 0.2) is 61.2 Å². The first kappa shape index (κ1) is 34.1. The van der Waals surface area contributed by atoms with E-state index in [9.17, 15) is 24.3 Å². The largest absolute Gasteiger partial charge is 0.508 e. The van der Waals surface area contributed by atoms with Gasteiger partial charge in [-0.3, -0.25) is 14.4 Å². The molecule has 0 unspecified atom stereocenters. The van der Waals surface area contributed by atoms with Crippen molar-refractivity contribution in [3.05, 3.63) is 72.3 Å². The van der Waals surface area contributed by atoms with E-state index in [0.717, 1.165) is 5.56 Å². The third-order valence-corrected chi connectivity index (χ3v) is 6.44. The van der Waals surface area contributed by atoms with Crippen LogP contribution in [0, 0.1) is 0 Å². The van der Waals surface area contributed by atoms with Crippen LogP contribution in [0.4, 0.5) is 0 Å². The van der Waals surface area contributed by atoms with Gasteiger partial charge in [0, 0.05) is 26.3 Å². The lowest BCUT2D eigenvalue weighted by Crippen LogP contribution is -2.56. The van der Waals surface area contributed by atoms with Crippen molar-refractivity contribution in [2.75, 3.05) is 20.3 Å². The third-order valence-electron chi connectivity index (χ3n) is 6.25. The lowest BCUT2D eigenvalue weighted by Gasteiger charge is -2.25. The summed E-state index contributed by atoms with van der Waals surface area (Å²) < 4.78 is 10.4. The van der Waals surface area contributed by atoms with Crippen LogP contribution in [0.3, 0.4) is 0 Å². The molecule has 12 heteroatoms. The zero-order chi connectivity index (χ0) is 30.9. The fourth-order valence-corrected chi connectivity index (χ4v) is 4.26. The van der Waals surface area contributed by atoms with Crippen LogP contribution in [0.5, 0.6) is 11.5 Å². The lowest BCUT2D eigenvalue weighted by molar-refractivity contribution is -0.145. The van der Waals surface area contributed by atoms with Gasteiger partial charge in [-0.25, -0.2) is 9.63 Å². The van der Waals surface area contributed by atoms with E-state index in [1.165, 1.54) is 26.2 Å². The molecule has 228 valence electrons. The van der Waals surface area contributed by atoms with Gasteiger partial charge in [-0.05, 0) is 66.4 Å². The molecule has 0 fully saturated rings. The molecule has 0 bridgehead atoms. The monoisotopic (exact) mass is 602 g/mol. The molecule has 0 aliphatic carbocycles. The number of esters is 1. The quantitative estimate of drug-likeness (QED) is 0.0753. The summed E-state index contributed by atoms with van der Waals surface area (Å²) in [5.74, 6) is -1.51. The average Bonchev–Trinajstić information content (AvgIpc) is 2.97.